The molecule has 122 valence electrons. The number of nitrogens with zero attached hydrogens (tertiary/aromatic N) is 3. The number of carbonyl (C=O) groups is 1. The minimum absolute atomic E-state index is 0.132. The number of amides is 1. The van der Waals surface area contributed by atoms with Crippen molar-refractivity contribution in [1.29, 1.82) is 0 Å². The number of hydrogen-bond donors (Lipinski definition) is 3. The SMILES string of the molecule is COc1ccccc1NCC(=O)Nc1ccc(-c2nn[nH]n2)cc1. The lowest BCUT2D eigenvalue weighted by molar-refractivity contribution is -0.114. The number of para-hydroxylation sites is 2. The first-order chi connectivity index (χ1) is 11.8. The number of H-pyrrole nitrogens is 1. The van der Waals surface area contributed by atoms with E-state index in [0.29, 0.717) is 17.3 Å². The molecule has 0 aliphatic carbocycles. The summed E-state index contributed by atoms with van der Waals surface area (Å²) in [5, 5.41) is 19.6. The average molecular weight is 324 g/mol. The van der Waals surface area contributed by atoms with Crippen LogP contribution in [0.15, 0.2) is 48.5 Å². The van der Waals surface area contributed by atoms with Gasteiger partial charge in [-0.25, -0.2) is 0 Å². The smallest absolute Gasteiger partial charge is 0.243 e. The normalized spacial score (nSPS) is 10.2. The fourth-order valence-corrected chi connectivity index (χ4v) is 2.16. The van der Waals surface area contributed by atoms with Gasteiger partial charge in [0.2, 0.25) is 11.7 Å². The molecule has 0 saturated carbocycles. The highest BCUT2D eigenvalue weighted by atomic mass is 16.5. The van der Waals surface area contributed by atoms with Crippen molar-refractivity contribution in [2.45, 2.75) is 0 Å². The molecule has 1 amide bonds. The minimum Gasteiger partial charge on any atom is -0.495 e. The first-order valence-electron chi connectivity index (χ1n) is 7.27. The highest BCUT2D eigenvalue weighted by Crippen LogP contribution is 2.22. The Labute approximate surface area is 138 Å². The third-order valence-corrected chi connectivity index (χ3v) is 3.32. The molecule has 0 radical (unpaired) electrons. The van der Waals surface area contributed by atoms with Crippen LogP contribution >= 0.6 is 0 Å². The van der Waals surface area contributed by atoms with E-state index < -0.39 is 0 Å². The van der Waals surface area contributed by atoms with Crippen LogP contribution in [0, 0.1) is 0 Å². The van der Waals surface area contributed by atoms with Crippen molar-refractivity contribution >= 4 is 17.3 Å². The zero-order chi connectivity index (χ0) is 16.8. The molecule has 24 heavy (non-hydrogen) atoms. The number of hydrogen-bond acceptors (Lipinski definition) is 6. The zero-order valence-electron chi connectivity index (χ0n) is 13.0. The lowest BCUT2D eigenvalue weighted by atomic mass is 10.2. The lowest BCUT2D eigenvalue weighted by Crippen LogP contribution is -2.21. The molecule has 3 rings (SSSR count). The summed E-state index contributed by atoms with van der Waals surface area (Å²) in [6, 6.07) is 14.6. The summed E-state index contributed by atoms with van der Waals surface area (Å²) in [5.41, 5.74) is 2.27. The molecule has 0 fully saturated rings. The first-order valence-corrected chi connectivity index (χ1v) is 7.27. The third kappa shape index (κ3) is 3.67. The molecule has 8 heteroatoms. The maximum atomic E-state index is 12.0. The molecule has 0 aliphatic heterocycles. The number of aromatic nitrogens is 4. The molecule has 3 N–H and O–H groups in total. The summed E-state index contributed by atoms with van der Waals surface area (Å²) in [4.78, 5) is 12.0. The van der Waals surface area contributed by atoms with Gasteiger partial charge < -0.3 is 15.4 Å². The van der Waals surface area contributed by atoms with Gasteiger partial charge in [0.05, 0.1) is 19.3 Å². The van der Waals surface area contributed by atoms with Gasteiger partial charge in [0, 0.05) is 11.3 Å². The standard InChI is InChI=1S/C16H16N6O2/c1-24-14-5-3-2-4-13(14)17-10-15(23)18-12-8-6-11(7-9-12)16-19-21-22-20-16/h2-9,17H,10H2,1H3,(H,18,23)(H,19,20,21,22). The molecule has 0 aliphatic rings. The molecule has 1 aromatic heterocycles. The Morgan fingerprint density at radius 1 is 1.17 bits per heavy atom. The monoisotopic (exact) mass is 324 g/mol. The second-order valence-corrected chi connectivity index (χ2v) is 4.91. The summed E-state index contributed by atoms with van der Waals surface area (Å²) in [6.45, 7) is 0.132. The van der Waals surface area contributed by atoms with Crippen LogP contribution in [-0.2, 0) is 4.79 Å². The Bertz CT molecular complexity index is 802. The second-order valence-electron chi connectivity index (χ2n) is 4.91. The van der Waals surface area contributed by atoms with Crippen LogP contribution in [-0.4, -0.2) is 40.2 Å². The van der Waals surface area contributed by atoms with E-state index in [1.807, 2.05) is 36.4 Å². The molecular formula is C16H16N6O2. The Balaban J connectivity index is 1.57. The molecule has 3 aromatic rings. The van der Waals surface area contributed by atoms with Crippen molar-refractivity contribution in [3.8, 4) is 17.1 Å². The summed E-state index contributed by atoms with van der Waals surface area (Å²) in [5.74, 6) is 1.04. The molecule has 0 bridgehead atoms. The fraction of sp³-hybridized carbons (Fsp3) is 0.125. The molecule has 0 atom stereocenters. The van der Waals surface area contributed by atoms with Gasteiger partial charge in [0.25, 0.3) is 0 Å². The predicted molar refractivity (Wildman–Crippen MR) is 89.7 cm³/mol. The second kappa shape index (κ2) is 7.23. The van der Waals surface area contributed by atoms with Gasteiger partial charge in [-0.2, -0.15) is 5.21 Å². The van der Waals surface area contributed by atoms with Crippen molar-refractivity contribution in [3.63, 3.8) is 0 Å². The number of tetrazole rings is 1. The number of anilines is 2. The fourth-order valence-electron chi connectivity index (χ4n) is 2.16. The van der Waals surface area contributed by atoms with Gasteiger partial charge in [0.1, 0.15) is 5.75 Å². The van der Waals surface area contributed by atoms with Gasteiger partial charge in [0.15, 0.2) is 0 Å². The van der Waals surface area contributed by atoms with Crippen LogP contribution in [0.25, 0.3) is 11.4 Å². The maximum Gasteiger partial charge on any atom is 0.243 e. The number of ether oxygens (including phenoxy) is 1. The van der Waals surface area contributed by atoms with Crippen molar-refractivity contribution in [3.05, 3.63) is 48.5 Å². The molecule has 0 saturated heterocycles. The maximum absolute atomic E-state index is 12.0. The Morgan fingerprint density at radius 2 is 1.96 bits per heavy atom. The van der Waals surface area contributed by atoms with Crippen LogP contribution in [0.4, 0.5) is 11.4 Å². The van der Waals surface area contributed by atoms with E-state index in [1.165, 1.54) is 0 Å². The van der Waals surface area contributed by atoms with E-state index in [2.05, 4.69) is 31.3 Å². The summed E-state index contributed by atoms with van der Waals surface area (Å²) in [7, 11) is 1.59. The number of nitrogens with one attached hydrogen (secondary N) is 3. The summed E-state index contributed by atoms with van der Waals surface area (Å²) >= 11 is 0. The van der Waals surface area contributed by atoms with E-state index >= 15 is 0 Å². The van der Waals surface area contributed by atoms with Crippen LogP contribution in [0.3, 0.4) is 0 Å². The number of aromatic amines is 1. The van der Waals surface area contributed by atoms with Crippen LogP contribution in [0.5, 0.6) is 5.75 Å². The predicted octanol–water partition coefficient (Wildman–Crippen LogP) is 1.93. The molecule has 0 unspecified atom stereocenters. The Hall–Kier alpha value is -3.42. The number of rotatable bonds is 6. The van der Waals surface area contributed by atoms with Crippen LogP contribution in [0.2, 0.25) is 0 Å². The van der Waals surface area contributed by atoms with E-state index in [1.54, 1.807) is 19.2 Å². The summed E-state index contributed by atoms with van der Waals surface area (Å²) in [6.07, 6.45) is 0. The van der Waals surface area contributed by atoms with E-state index in [9.17, 15) is 4.79 Å². The highest BCUT2D eigenvalue weighted by molar-refractivity contribution is 5.94. The van der Waals surface area contributed by atoms with E-state index in [0.717, 1.165) is 11.3 Å². The summed E-state index contributed by atoms with van der Waals surface area (Å²) < 4.78 is 5.23. The number of benzene rings is 2. The highest BCUT2D eigenvalue weighted by Gasteiger charge is 2.07. The number of methoxy groups -OCH3 is 1. The third-order valence-electron chi connectivity index (χ3n) is 3.32. The molecule has 0 spiro atoms. The largest absolute Gasteiger partial charge is 0.495 e. The molecular weight excluding hydrogens is 308 g/mol. The van der Waals surface area contributed by atoms with Crippen molar-refractivity contribution in [2.24, 2.45) is 0 Å². The van der Waals surface area contributed by atoms with Gasteiger partial charge in [-0.05, 0) is 41.6 Å². The van der Waals surface area contributed by atoms with Gasteiger partial charge in [-0.15, -0.1) is 10.2 Å². The quantitative estimate of drug-likeness (QED) is 0.640. The Morgan fingerprint density at radius 3 is 2.67 bits per heavy atom. The van der Waals surface area contributed by atoms with Gasteiger partial charge in [-0.1, -0.05) is 12.1 Å². The van der Waals surface area contributed by atoms with E-state index in [4.69, 9.17) is 4.74 Å². The molecule has 8 nitrogen and oxygen atoms in total. The van der Waals surface area contributed by atoms with Crippen molar-refractivity contribution in [1.82, 2.24) is 20.6 Å². The van der Waals surface area contributed by atoms with Gasteiger partial charge in [-0.3, -0.25) is 4.79 Å². The van der Waals surface area contributed by atoms with Crippen LogP contribution in [0.1, 0.15) is 0 Å². The van der Waals surface area contributed by atoms with Gasteiger partial charge >= 0.3 is 0 Å². The molecule has 1 heterocycles. The zero-order valence-corrected chi connectivity index (χ0v) is 13.0. The molecule has 2 aromatic carbocycles. The van der Waals surface area contributed by atoms with E-state index in [-0.39, 0.29) is 12.5 Å². The van der Waals surface area contributed by atoms with Crippen molar-refractivity contribution in [2.75, 3.05) is 24.3 Å². The Kier molecular flexibility index (Phi) is 4.66. The van der Waals surface area contributed by atoms with Crippen molar-refractivity contribution < 1.29 is 9.53 Å². The number of carbonyl (C=O) groups excluding carboxylic acids is 1. The minimum atomic E-state index is -0.159. The average Bonchev–Trinajstić information content (AvgIpc) is 3.15. The topological polar surface area (TPSA) is 105 Å². The lowest BCUT2D eigenvalue weighted by Gasteiger charge is -2.11. The van der Waals surface area contributed by atoms with Crippen LogP contribution < -0.4 is 15.4 Å². The first kappa shape index (κ1) is 15.5.